The van der Waals surface area contributed by atoms with E-state index < -0.39 is 5.97 Å². The van der Waals surface area contributed by atoms with Gasteiger partial charge in [-0.25, -0.2) is 9.78 Å². The molecule has 3 fully saturated rings. The average Bonchev–Trinajstić information content (AvgIpc) is 3.75. The van der Waals surface area contributed by atoms with Crippen LogP contribution in [0.25, 0.3) is 5.57 Å². The molecular weight excluding hydrogens is 659 g/mol. The highest BCUT2D eigenvalue weighted by Crippen LogP contribution is 2.67. The van der Waals surface area contributed by atoms with Gasteiger partial charge in [0, 0.05) is 17.4 Å². The number of allylic oxidation sites excluding steroid dienone is 3. The zero-order valence-electron chi connectivity index (χ0n) is 33.2. The van der Waals surface area contributed by atoms with Gasteiger partial charge in [-0.3, -0.25) is 4.79 Å². The van der Waals surface area contributed by atoms with Gasteiger partial charge in [-0.15, -0.1) is 11.3 Å². The minimum atomic E-state index is -0.392. The standard InChI is InChI=1S/C47H65NO3S/c1-8-32(29(2)3)17-16-31(5)39-20-21-40-37-19-18-34-27-35(22-24-46(34,6)41(37)23-25-47(39,40)7)51-45(50)42-28-52-44(48-42)43(49)38-26-30(4)12-11-14-33-13-9-10-15-36(33)38/h9-10,13,15,18,26,28-32,35,37,39-41H,8,11-12,14,16-17,19-25,27H2,1-7H3/b38-26+/t30-,31?,32?,35?,37?,39?,40?,41?,46?,47?/m0/s1. The Morgan fingerprint density at radius 3 is 2.60 bits per heavy atom. The van der Waals surface area contributed by atoms with Crippen LogP contribution in [-0.2, 0) is 11.2 Å². The van der Waals surface area contributed by atoms with Crippen molar-refractivity contribution in [2.24, 2.45) is 58.2 Å². The summed E-state index contributed by atoms with van der Waals surface area (Å²) in [7, 11) is 0. The summed E-state index contributed by atoms with van der Waals surface area (Å²) in [6.45, 7) is 17.2. The number of aryl methyl sites for hydroxylation is 1. The summed E-state index contributed by atoms with van der Waals surface area (Å²) in [5.74, 6) is 5.54. The number of benzene rings is 1. The summed E-state index contributed by atoms with van der Waals surface area (Å²) in [6, 6.07) is 8.22. The van der Waals surface area contributed by atoms with Gasteiger partial charge in [0.1, 0.15) is 6.10 Å². The van der Waals surface area contributed by atoms with E-state index in [1.807, 2.05) is 18.2 Å². The van der Waals surface area contributed by atoms with Gasteiger partial charge in [-0.1, -0.05) is 103 Å². The van der Waals surface area contributed by atoms with Crippen molar-refractivity contribution < 1.29 is 14.3 Å². The molecule has 7 rings (SSSR count). The molecule has 52 heavy (non-hydrogen) atoms. The Balaban J connectivity index is 0.991. The van der Waals surface area contributed by atoms with E-state index in [4.69, 9.17) is 4.74 Å². The summed E-state index contributed by atoms with van der Waals surface area (Å²) >= 11 is 1.26. The zero-order valence-corrected chi connectivity index (χ0v) is 34.0. The molecule has 1 aromatic heterocycles. The van der Waals surface area contributed by atoms with Crippen LogP contribution in [0.2, 0.25) is 0 Å². The molecule has 3 saturated carbocycles. The van der Waals surface area contributed by atoms with E-state index >= 15 is 0 Å². The largest absolute Gasteiger partial charge is 0.457 e. The monoisotopic (exact) mass is 723 g/mol. The Labute approximate surface area is 318 Å². The number of thiazole rings is 1. The lowest BCUT2D eigenvalue weighted by atomic mass is 9.47. The van der Waals surface area contributed by atoms with Crippen LogP contribution in [0, 0.1) is 58.2 Å². The molecule has 5 aliphatic rings. The number of ketones is 1. The Morgan fingerprint density at radius 2 is 1.81 bits per heavy atom. The zero-order chi connectivity index (χ0) is 36.8. The minimum absolute atomic E-state index is 0.0940. The Morgan fingerprint density at radius 1 is 1.00 bits per heavy atom. The summed E-state index contributed by atoms with van der Waals surface area (Å²) in [5, 5.41) is 2.08. The van der Waals surface area contributed by atoms with Crippen LogP contribution in [0.3, 0.4) is 0 Å². The predicted molar refractivity (Wildman–Crippen MR) is 214 cm³/mol. The number of carbonyl (C=O) groups is 2. The van der Waals surface area contributed by atoms with Crippen molar-refractivity contribution in [3.8, 4) is 0 Å². The molecule has 0 spiro atoms. The highest BCUT2D eigenvalue weighted by molar-refractivity contribution is 7.12. The first-order chi connectivity index (χ1) is 24.9. The lowest BCUT2D eigenvalue weighted by Gasteiger charge is -2.58. The Kier molecular flexibility index (Phi) is 11.1. The molecule has 0 saturated heterocycles. The quantitative estimate of drug-likeness (QED) is 0.139. The number of rotatable bonds is 10. The van der Waals surface area contributed by atoms with Crippen LogP contribution in [0.5, 0.6) is 0 Å². The molecule has 9 unspecified atom stereocenters. The summed E-state index contributed by atoms with van der Waals surface area (Å²) in [6.07, 6.45) is 21.4. The van der Waals surface area contributed by atoms with Crippen molar-refractivity contribution in [1.82, 2.24) is 4.98 Å². The van der Waals surface area contributed by atoms with Gasteiger partial charge in [0.15, 0.2) is 10.7 Å². The molecule has 5 aliphatic carbocycles. The number of fused-ring (bicyclic) bond motifs is 6. The second kappa shape index (κ2) is 15.3. The number of aromatic nitrogens is 1. The molecule has 0 radical (unpaired) electrons. The predicted octanol–water partition coefficient (Wildman–Crippen LogP) is 12.6. The first kappa shape index (κ1) is 37.8. The van der Waals surface area contributed by atoms with Crippen LogP contribution in [0.15, 0.2) is 47.4 Å². The summed E-state index contributed by atoms with van der Waals surface area (Å²) in [5.41, 5.74) is 5.40. The molecule has 1 heterocycles. The molecule has 282 valence electrons. The highest BCUT2D eigenvalue weighted by Gasteiger charge is 2.59. The Bertz CT molecular complexity index is 1680. The van der Waals surface area contributed by atoms with Crippen LogP contribution >= 0.6 is 11.3 Å². The summed E-state index contributed by atoms with van der Waals surface area (Å²) in [4.78, 5) is 31.9. The van der Waals surface area contributed by atoms with Crippen molar-refractivity contribution in [3.63, 3.8) is 0 Å². The second-order valence-corrected chi connectivity index (χ2v) is 19.6. The van der Waals surface area contributed by atoms with Crippen molar-refractivity contribution in [3.05, 3.63) is 69.2 Å². The lowest BCUT2D eigenvalue weighted by molar-refractivity contribution is -0.0597. The first-order valence-electron chi connectivity index (χ1n) is 21.1. The maximum atomic E-state index is 13.9. The van der Waals surface area contributed by atoms with E-state index in [0.717, 1.165) is 85.5 Å². The second-order valence-electron chi connectivity index (χ2n) is 18.7. The molecule has 1 aromatic carbocycles. The van der Waals surface area contributed by atoms with Crippen LogP contribution in [-0.4, -0.2) is 22.8 Å². The molecule has 5 heteroatoms. The lowest BCUT2D eigenvalue weighted by Crippen LogP contribution is -2.51. The number of Topliss-reactive ketones (excluding diaryl/α,β-unsaturated/α-hetero) is 1. The smallest absolute Gasteiger partial charge is 0.358 e. The van der Waals surface area contributed by atoms with Crippen molar-refractivity contribution in [2.45, 2.75) is 144 Å². The Hall–Kier alpha value is -2.53. The topological polar surface area (TPSA) is 56.3 Å². The number of esters is 1. The fourth-order valence-corrected chi connectivity index (χ4v) is 13.2. The third-order valence-electron chi connectivity index (χ3n) is 15.6. The third kappa shape index (κ3) is 7.06. The maximum Gasteiger partial charge on any atom is 0.358 e. The number of ether oxygens (including phenoxy) is 1. The van der Waals surface area contributed by atoms with E-state index in [9.17, 15) is 9.59 Å². The van der Waals surface area contributed by atoms with E-state index in [0.29, 0.717) is 21.9 Å². The highest BCUT2D eigenvalue weighted by atomic mass is 32.1. The average molecular weight is 724 g/mol. The van der Waals surface area contributed by atoms with Gasteiger partial charge >= 0.3 is 5.97 Å². The van der Waals surface area contributed by atoms with Gasteiger partial charge in [0.2, 0.25) is 5.78 Å². The first-order valence-corrected chi connectivity index (χ1v) is 22.0. The molecular formula is C47H65NO3S. The number of carbonyl (C=O) groups excluding carboxylic acids is 2. The molecule has 10 atom stereocenters. The van der Waals surface area contributed by atoms with Crippen molar-refractivity contribution >= 4 is 28.7 Å². The van der Waals surface area contributed by atoms with Crippen LogP contribution < -0.4 is 0 Å². The van der Waals surface area contributed by atoms with Crippen molar-refractivity contribution in [1.29, 1.82) is 0 Å². The van der Waals surface area contributed by atoms with Gasteiger partial charge in [0.05, 0.1) is 0 Å². The SMILES string of the molecule is CCC(CCC(C)C1CCC2C3CC=C4CC(OC(=O)c5csc(C(=O)/C6=C/[C@@H](C)CCCc7ccccc76)n5)CCC4(C)C3CCC12C)C(C)C. The number of hydrogen-bond donors (Lipinski definition) is 0. The number of hydrogen-bond acceptors (Lipinski definition) is 5. The van der Waals surface area contributed by atoms with Gasteiger partial charge in [0.25, 0.3) is 0 Å². The van der Waals surface area contributed by atoms with E-state index in [2.05, 4.69) is 71.7 Å². The fraction of sp³-hybridized carbons (Fsp3) is 0.681. The van der Waals surface area contributed by atoms with Gasteiger partial charge < -0.3 is 4.74 Å². The maximum absolute atomic E-state index is 13.9. The summed E-state index contributed by atoms with van der Waals surface area (Å²) < 4.78 is 6.18. The van der Waals surface area contributed by atoms with Crippen LogP contribution in [0.4, 0.5) is 0 Å². The minimum Gasteiger partial charge on any atom is -0.457 e. The molecule has 0 N–H and O–H groups in total. The molecule has 0 bridgehead atoms. The number of nitrogens with zero attached hydrogens (tertiary/aromatic N) is 1. The van der Waals surface area contributed by atoms with Crippen molar-refractivity contribution in [2.75, 3.05) is 0 Å². The fourth-order valence-electron chi connectivity index (χ4n) is 12.5. The molecule has 0 aliphatic heterocycles. The molecule has 4 nitrogen and oxygen atoms in total. The van der Waals surface area contributed by atoms with Gasteiger partial charge in [-0.2, -0.15) is 0 Å². The van der Waals surface area contributed by atoms with E-state index in [1.54, 1.807) is 5.38 Å². The van der Waals surface area contributed by atoms with E-state index in [1.165, 1.54) is 73.8 Å². The third-order valence-corrected chi connectivity index (χ3v) is 16.4. The van der Waals surface area contributed by atoms with E-state index in [-0.39, 0.29) is 23.0 Å². The molecule has 0 amide bonds. The normalized spacial score (nSPS) is 35.0. The van der Waals surface area contributed by atoms with Crippen LogP contribution in [0.1, 0.15) is 163 Å². The molecule has 2 aromatic rings. The van der Waals surface area contributed by atoms with Gasteiger partial charge in [-0.05, 0) is 140 Å².